The van der Waals surface area contributed by atoms with E-state index in [4.69, 9.17) is 16.3 Å². The summed E-state index contributed by atoms with van der Waals surface area (Å²) in [7, 11) is 0. The molecule has 3 rings (SSSR count). The first-order valence-electron chi connectivity index (χ1n) is 6.71. The van der Waals surface area contributed by atoms with E-state index in [0.717, 1.165) is 4.70 Å². The maximum absolute atomic E-state index is 12.2. The molecule has 0 bridgehead atoms. The van der Waals surface area contributed by atoms with Gasteiger partial charge in [-0.15, -0.1) is 0 Å². The van der Waals surface area contributed by atoms with Crippen LogP contribution in [0.5, 0.6) is 5.75 Å². The number of nitrogens with zero attached hydrogens (tertiary/aromatic N) is 1. The number of benzene rings is 2. The average Bonchev–Trinajstić information content (AvgIpc) is 2.92. The Morgan fingerprint density at radius 3 is 2.73 bits per heavy atom. The number of halogens is 1. The predicted molar refractivity (Wildman–Crippen MR) is 89.8 cm³/mol. The maximum Gasteiger partial charge on any atom is 0.266 e. The Balaban J connectivity index is 1.71. The van der Waals surface area contributed by atoms with E-state index in [0.29, 0.717) is 21.4 Å². The van der Waals surface area contributed by atoms with Crippen molar-refractivity contribution in [3.05, 3.63) is 53.6 Å². The SMILES string of the molecule is CC(Oc1ccccc1)C(=O)Nc1nc2c(Cl)cccc2s1. The number of aromatic nitrogens is 1. The molecule has 0 saturated heterocycles. The number of carbonyl (C=O) groups is 1. The van der Waals surface area contributed by atoms with Gasteiger partial charge in [-0.25, -0.2) is 4.98 Å². The molecule has 0 saturated carbocycles. The van der Waals surface area contributed by atoms with E-state index in [2.05, 4.69) is 10.3 Å². The van der Waals surface area contributed by atoms with E-state index in [1.54, 1.807) is 25.1 Å². The average molecular weight is 333 g/mol. The quantitative estimate of drug-likeness (QED) is 0.772. The Kier molecular flexibility index (Phi) is 4.27. The summed E-state index contributed by atoms with van der Waals surface area (Å²) in [6.45, 7) is 1.70. The maximum atomic E-state index is 12.2. The van der Waals surface area contributed by atoms with Crippen molar-refractivity contribution in [2.75, 3.05) is 5.32 Å². The van der Waals surface area contributed by atoms with Crippen LogP contribution >= 0.6 is 22.9 Å². The lowest BCUT2D eigenvalue weighted by Crippen LogP contribution is -2.30. The molecule has 1 atom stereocenters. The number of thiazole rings is 1. The van der Waals surface area contributed by atoms with E-state index < -0.39 is 6.10 Å². The minimum atomic E-state index is -0.620. The summed E-state index contributed by atoms with van der Waals surface area (Å²) in [5.74, 6) is 0.400. The second kappa shape index (κ2) is 6.34. The number of carbonyl (C=O) groups excluding carboxylic acids is 1. The number of hydrogen-bond donors (Lipinski definition) is 1. The van der Waals surface area contributed by atoms with Gasteiger partial charge in [0.25, 0.3) is 5.91 Å². The first-order chi connectivity index (χ1) is 10.6. The minimum Gasteiger partial charge on any atom is -0.481 e. The molecule has 1 aromatic heterocycles. The van der Waals surface area contributed by atoms with Crippen LogP contribution in [0.2, 0.25) is 5.02 Å². The zero-order chi connectivity index (χ0) is 15.5. The third kappa shape index (κ3) is 3.21. The molecule has 3 aromatic rings. The van der Waals surface area contributed by atoms with Crippen LogP contribution in [0, 0.1) is 0 Å². The fourth-order valence-corrected chi connectivity index (χ4v) is 3.10. The molecule has 1 heterocycles. The van der Waals surface area contributed by atoms with Gasteiger partial charge in [-0.1, -0.05) is 47.2 Å². The molecule has 1 amide bonds. The number of fused-ring (bicyclic) bond motifs is 1. The largest absolute Gasteiger partial charge is 0.481 e. The van der Waals surface area contributed by atoms with Gasteiger partial charge in [0.1, 0.15) is 11.3 Å². The fourth-order valence-electron chi connectivity index (χ4n) is 1.93. The number of para-hydroxylation sites is 2. The van der Waals surface area contributed by atoms with Gasteiger partial charge in [0.05, 0.1) is 9.72 Å². The standard InChI is InChI=1S/C16H13ClN2O2S/c1-10(21-11-6-3-2-4-7-11)15(20)19-16-18-14-12(17)8-5-9-13(14)22-16/h2-10H,1H3,(H,18,19,20). The highest BCUT2D eigenvalue weighted by Gasteiger charge is 2.17. The number of hydrogen-bond acceptors (Lipinski definition) is 4. The van der Waals surface area contributed by atoms with Gasteiger partial charge in [0.2, 0.25) is 0 Å². The van der Waals surface area contributed by atoms with Gasteiger partial charge in [-0.3, -0.25) is 10.1 Å². The number of nitrogens with one attached hydrogen (secondary N) is 1. The van der Waals surface area contributed by atoms with Crippen LogP contribution in [0.1, 0.15) is 6.92 Å². The van der Waals surface area contributed by atoms with Gasteiger partial charge in [-0.05, 0) is 31.2 Å². The predicted octanol–water partition coefficient (Wildman–Crippen LogP) is 4.36. The van der Waals surface area contributed by atoms with Gasteiger partial charge in [0, 0.05) is 0 Å². The molecule has 1 unspecified atom stereocenters. The molecular formula is C16H13ClN2O2S. The van der Waals surface area contributed by atoms with Crippen LogP contribution in [0.15, 0.2) is 48.5 Å². The fraction of sp³-hybridized carbons (Fsp3) is 0.125. The van der Waals surface area contributed by atoms with Crippen molar-refractivity contribution in [3.63, 3.8) is 0 Å². The molecule has 0 aliphatic rings. The van der Waals surface area contributed by atoms with Crippen LogP contribution in [0.3, 0.4) is 0 Å². The second-order valence-corrected chi connectivity index (χ2v) is 6.11. The minimum absolute atomic E-state index is 0.251. The van der Waals surface area contributed by atoms with E-state index in [-0.39, 0.29) is 5.91 Å². The van der Waals surface area contributed by atoms with E-state index in [9.17, 15) is 4.79 Å². The van der Waals surface area contributed by atoms with Crippen LogP contribution in [-0.2, 0) is 4.79 Å². The van der Waals surface area contributed by atoms with Gasteiger partial charge in [-0.2, -0.15) is 0 Å². The first-order valence-corrected chi connectivity index (χ1v) is 7.90. The van der Waals surface area contributed by atoms with Gasteiger partial charge in [0.15, 0.2) is 11.2 Å². The summed E-state index contributed by atoms with van der Waals surface area (Å²) in [5.41, 5.74) is 0.695. The molecule has 112 valence electrons. The molecule has 4 nitrogen and oxygen atoms in total. The van der Waals surface area contributed by atoms with Crippen LogP contribution in [0.25, 0.3) is 10.2 Å². The van der Waals surface area contributed by atoms with Crippen molar-refractivity contribution >= 4 is 44.2 Å². The Morgan fingerprint density at radius 1 is 1.23 bits per heavy atom. The van der Waals surface area contributed by atoms with Crippen molar-refractivity contribution in [3.8, 4) is 5.75 Å². The normalized spacial score (nSPS) is 12.1. The summed E-state index contributed by atoms with van der Waals surface area (Å²) in [6.07, 6.45) is -0.620. The van der Waals surface area contributed by atoms with Crippen molar-refractivity contribution in [1.82, 2.24) is 4.98 Å². The first kappa shape index (κ1) is 14.8. The lowest BCUT2D eigenvalue weighted by atomic mass is 10.3. The smallest absolute Gasteiger partial charge is 0.266 e. The van der Waals surface area contributed by atoms with Crippen molar-refractivity contribution in [2.45, 2.75) is 13.0 Å². The number of anilines is 1. The Morgan fingerprint density at radius 2 is 2.00 bits per heavy atom. The van der Waals surface area contributed by atoms with E-state index >= 15 is 0 Å². The Hall–Kier alpha value is -2.11. The lowest BCUT2D eigenvalue weighted by Gasteiger charge is -2.13. The summed E-state index contributed by atoms with van der Waals surface area (Å²) < 4.78 is 6.51. The highest BCUT2D eigenvalue weighted by Crippen LogP contribution is 2.30. The third-order valence-electron chi connectivity index (χ3n) is 3.03. The van der Waals surface area contributed by atoms with Gasteiger partial charge < -0.3 is 4.74 Å². The lowest BCUT2D eigenvalue weighted by molar-refractivity contribution is -0.122. The van der Waals surface area contributed by atoms with Crippen LogP contribution in [-0.4, -0.2) is 17.0 Å². The van der Waals surface area contributed by atoms with Crippen molar-refractivity contribution in [1.29, 1.82) is 0 Å². The molecule has 2 aromatic carbocycles. The number of amides is 1. The van der Waals surface area contributed by atoms with Crippen molar-refractivity contribution in [2.24, 2.45) is 0 Å². The molecule has 0 aliphatic heterocycles. The topological polar surface area (TPSA) is 51.2 Å². The second-order valence-electron chi connectivity index (χ2n) is 4.67. The molecule has 22 heavy (non-hydrogen) atoms. The Bertz CT molecular complexity index is 804. The van der Waals surface area contributed by atoms with Crippen molar-refractivity contribution < 1.29 is 9.53 Å². The highest BCUT2D eigenvalue weighted by atomic mass is 35.5. The van der Waals surface area contributed by atoms with Gasteiger partial charge >= 0.3 is 0 Å². The molecule has 0 fully saturated rings. The Labute approximate surface area is 136 Å². The van der Waals surface area contributed by atoms with Crippen LogP contribution in [0.4, 0.5) is 5.13 Å². The molecule has 0 spiro atoms. The third-order valence-corrected chi connectivity index (χ3v) is 4.27. The summed E-state index contributed by atoms with van der Waals surface area (Å²) in [5, 5.41) is 3.85. The molecular weight excluding hydrogens is 320 g/mol. The zero-order valence-corrected chi connectivity index (χ0v) is 13.3. The number of ether oxygens (including phenoxy) is 1. The molecule has 0 aliphatic carbocycles. The summed E-state index contributed by atoms with van der Waals surface area (Å²) >= 11 is 7.46. The highest BCUT2D eigenvalue weighted by molar-refractivity contribution is 7.22. The monoisotopic (exact) mass is 332 g/mol. The zero-order valence-electron chi connectivity index (χ0n) is 11.7. The van der Waals surface area contributed by atoms with Crippen LogP contribution < -0.4 is 10.1 Å². The number of rotatable bonds is 4. The molecule has 6 heteroatoms. The summed E-state index contributed by atoms with van der Waals surface area (Å²) in [6, 6.07) is 14.8. The van der Waals surface area contributed by atoms with E-state index in [1.165, 1.54) is 11.3 Å². The van der Waals surface area contributed by atoms with E-state index in [1.807, 2.05) is 30.3 Å². The summed E-state index contributed by atoms with van der Waals surface area (Å²) in [4.78, 5) is 16.5. The molecule has 1 N–H and O–H groups in total. The molecule has 0 radical (unpaired) electrons.